The maximum atomic E-state index is 13.2. The lowest BCUT2D eigenvalue weighted by Crippen LogP contribution is -2.08. The van der Waals surface area contributed by atoms with Crippen LogP contribution in [0, 0.1) is 5.82 Å². The van der Waals surface area contributed by atoms with Crippen molar-refractivity contribution in [1.29, 1.82) is 0 Å². The average Bonchev–Trinajstić information content (AvgIpc) is 2.38. The maximum absolute atomic E-state index is 13.2. The van der Waals surface area contributed by atoms with Gasteiger partial charge in [0.2, 0.25) is 0 Å². The lowest BCUT2D eigenvalue weighted by molar-refractivity contribution is 0.0462. The number of ether oxygens (including phenoxy) is 1. The molecule has 0 N–H and O–H groups in total. The van der Waals surface area contributed by atoms with E-state index in [1.54, 1.807) is 6.07 Å². The van der Waals surface area contributed by atoms with E-state index in [2.05, 4.69) is 9.97 Å². The van der Waals surface area contributed by atoms with Crippen molar-refractivity contribution < 1.29 is 13.9 Å². The highest BCUT2D eigenvalue weighted by Crippen LogP contribution is 2.08. The number of carbonyl (C=O) groups is 1. The van der Waals surface area contributed by atoms with Gasteiger partial charge in [-0.05, 0) is 12.1 Å². The first-order valence-corrected chi connectivity index (χ1v) is 4.94. The zero-order valence-electron chi connectivity index (χ0n) is 8.84. The summed E-state index contributed by atoms with van der Waals surface area (Å²) in [6.45, 7) is -0.0268. The molecule has 0 saturated carbocycles. The Kier molecular flexibility index (Phi) is 3.40. The molecule has 0 aliphatic carbocycles. The molecule has 1 heterocycles. The molecular weight excluding hydrogens is 223 g/mol. The molecule has 0 saturated heterocycles. The minimum Gasteiger partial charge on any atom is -0.455 e. The number of rotatable bonds is 3. The Balaban J connectivity index is 2.01. The van der Waals surface area contributed by atoms with Crippen LogP contribution in [0.2, 0.25) is 0 Å². The van der Waals surface area contributed by atoms with Gasteiger partial charge >= 0.3 is 5.97 Å². The van der Waals surface area contributed by atoms with E-state index in [1.165, 1.54) is 36.8 Å². The topological polar surface area (TPSA) is 52.1 Å². The molecule has 0 atom stereocenters. The number of benzene rings is 1. The molecule has 86 valence electrons. The summed E-state index contributed by atoms with van der Waals surface area (Å²) in [6.07, 6.45) is 4.49. The van der Waals surface area contributed by atoms with Gasteiger partial charge in [0.15, 0.2) is 0 Å². The van der Waals surface area contributed by atoms with Crippen LogP contribution in [0.1, 0.15) is 16.1 Å². The molecule has 1 aromatic heterocycles. The van der Waals surface area contributed by atoms with Crippen LogP contribution in [0.15, 0.2) is 42.9 Å². The van der Waals surface area contributed by atoms with Crippen LogP contribution in [0.4, 0.5) is 4.39 Å². The van der Waals surface area contributed by atoms with Crippen LogP contribution < -0.4 is 0 Å². The Hall–Kier alpha value is -2.30. The smallest absolute Gasteiger partial charge is 0.341 e. The van der Waals surface area contributed by atoms with E-state index in [4.69, 9.17) is 4.74 Å². The second-order valence-corrected chi connectivity index (χ2v) is 3.25. The zero-order valence-corrected chi connectivity index (χ0v) is 8.84. The standard InChI is InChI=1S/C12H9FN2O2/c13-11-4-2-1-3-10(11)12(16)17-8-9-7-14-5-6-15-9/h1-7H,8H2. The highest BCUT2D eigenvalue weighted by molar-refractivity contribution is 5.89. The first kappa shape index (κ1) is 11.2. The first-order chi connectivity index (χ1) is 8.27. The summed E-state index contributed by atoms with van der Waals surface area (Å²) < 4.78 is 18.2. The van der Waals surface area contributed by atoms with Crippen LogP contribution in [0.5, 0.6) is 0 Å². The molecule has 17 heavy (non-hydrogen) atoms. The Morgan fingerprint density at radius 1 is 1.29 bits per heavy atom. The van der Waals surface area contributed by atoms with Gasteiger partial charge in [0.25, 0.3) is 0 Å². The molecule has 0 aliphatic rings. The maximum Gasteiger partial charge on any atom is 0.341 e. The zero-order chi connectivity index (χ0) is 12.1. The lowest BCUT2D eigenvalue weighted by atomic mass is 10.2. The molecule has 2 aromatic rings. The molecule has 4 nitrogen and oxygen atoms in total. The van der Waals surface area contributed by atoms with Crippen molar-refractivity contribution in [2.75, 3.05) is 0 Å². The summed E-state index contributed by atoms with van der Waals surface area (Å²) in [4.78, 5) is 19.3. The summed E-state index contributed by atoms with van der Waals surface area (Å²) >= 11 is 0. The van der Waals surface area contributed by atoms with Crippen molar-refractivity contribution in [3.63, 3.8) is 0 Å². The third-order valence-electron chi connectivity index (χ3n) is 2.06. The fourth-order valence-corrected chi connectivity index (χ4v) is 1.25. The highest BCUT2D eigenvalue weighted by atomic mass is 19.1. The predicted octanol–water partition coefficient (Wildman–Crippen LogP) is 1.97. The van der Waals surface area contributed by atoms with E-state index in [0.29, 0.717) is 5.69 Å². The molecule has 1 aromatic carbocycles. The average molecular weight is 232 g/mol. The van der Waals surface area contributed by atoms with Crippen molar-refractivity contribution >= 4 is 5.97 Å². The number of hydrogen-bond acceptors (Lipinski definition) is 4. The van der Waals surface area contributed by atoms with Crippen LogP contribution in [-0.2, 0) is 11.3 Å². The van der Waals surface area contributed by atoms with E-state index < -0.39 is 11.8 Å². The van der Waals surface area contributed by atoms with E-state index in [-0.39, 0.29) is 12.2 Å². The highest BCUT2D eigenvalue weighted by Gasteiger charge is 2.12. The summed E-state index contributed by atoms with van der Waals surface area (Å²) in [5.74, 6) is -1.31. The minimum atomic E-state index is -0.714. The fourth-order valence-electron chi connectivity index (χ4n) is 1.25. The third kappa shape index (κ3) is 2.84. The van der Waals surface area contributed by atoms with Gasteiger partial charge < -0.3 is 4.74 Å². The quantitative estimate of drug-likeness (QED) is 0.759. The molecule has 0 unspecified atom stereocenters. The van der Waals surface area contributed by atoms with Crippen molar-refractivity contribution in [2.24, 2.45) is 0 Å². The molecule has 0 aliphatic heterocycles. The third-order valence-corrected chi connectivity index (χ3v) is 2.06. The molecule has 0 spiro atoms. The van der Waals surface area contributed by atoms with E-state index in [1.807, 2.05) is 0 Å². The van der Waals surface area contributed by atoms with Gasteiger partial charge in [-0.3, -0.25) is 9.97 Å². The number of carbonyl (C=O) groups excluding carboxylic acids is 1. The SMILES string of the molecule is O=C(OCc1cnccn1)c1ccccc1F. The van der Waals surface area contributed by atoms with E-state index in [0.717, 1.165) is 0 Å². The minimum absolute atomic E-state index is 0.0268. The second kappa shape index (κ2) is 5.16. The molecule has 0 fully saturated rings. The fraction of sp³-hybridized carbons (Fsp3) is 0.0833. The van der Waals surface area contributed by atoms with Gasteiger partial charge in [-0.2, -0.15) is 0 Å². The van der Waals surface area contributed by atoms with Crippen LogP contribution in [0.3, 0.4) is 0 Å². The Morgan fingerprint density at radius 3 is 2.82 bits per heavy atom. The van der Waals surface area contributed by atoms with E-state index in [9.17, 15) is 9.18 Å². The van der Waals surface area contributed by atoms with Crippen molar-refractivity contribution in [3.05, 3.63) is 59.9 Å². The van der Waals surface area contributed by atoms with Crippen LogP contribution >= 0.6 is 0 Å². The van der Waals surface area contributed by atoms with Gasteiger partial charge in [0, 0.05) is 12.4 Å². The summed E-state index contributed by atoms with van der Waals surface area (Å²) in [5.41, 5.74) is 0.425. The van der Waals surface area contributed by atoms with Crippen LogP contribution in [0.25, 0.3) is 0 Å². The van der Waals surface area contributed by atoms with Gasteiger partial charge in [-0.1, -0.05) is 12.1 Å². The Morgan fingerprint density at radius 2 is 2.12 bits per heavy atom. The van der Waals surface area contributed by atoms with Gasteiger partial charge in [0.1, 0.15) is 12.4 Å². The predicted molar refractivity (Wildman–Crippen MR) is 57.6 cm³/mol. The molecule has 0 radical (unpaired) electrons. The van der Waals surface area contributed by atoms with Crippen molar-refractivity contribution in [1.82, 2.24) is 9.97 Å². The van der Waals surface area contributed by atoms with E-state index >= 15 is 0 Å². The molecule has 0 bridgehead atoms. The molecule has 5 heteroatoms. The summed E-state index contributed by atoms with van der Waals surface area (Å²) in [5, 5.41) is 0. The lowest BCUT2D eigenvalue weighted by Gasteiger charge is -2.04. The van der Waals surface area contributed by atoms with Gasteiger partial charge in [0.05, 0.1) is 17.5 Å². The molecule has 0 amide bonds. The number of aromatic nitrogens is 2. The van der Waals surface area contributed by atoms with Crippen LogP contribution in [-0.4, -0.2) is 15.9 Å². The monoisotopic (exact) mass is 232 g/mol. The Bertz CT molecular complexity index is 517. The molecular formula is C12H9FN2O2. The number of halogens is 1. The Labute approximate surface area is 97.1 Å². The number of hydrogen-bond donors (Lipinski definition) is 0. The first-order valence-electron chi connectivity index (χ1n) is 4.94. The second-order valence-electron chi connectivity index (χ2n) is 3.25. The van der Waals surface area contributed by atoms with Gasteiger partial charge in [-0.25, -0.2) is 9.18 Å². The number of esters is 1. The largest absolute Gasteiger partial charge is 0.455 e. The van der Waals surface area contributed by atoms with Crippen molar-refractivity contribution in [2.45, 2.75) is 6.61 Å². The summed E-state index contributed by atoms with van der Waals surface area (Å²) in [7, 11) is 0. The number of nitrogens with zero attached hydrogens (tertiary/aromatic N) is 2. The van der Waals surface area contributed by atoms with Gasteiger partial charge in [-0.15, -0.1) is 0 Å². The molecule has 2 rings (SSSR count). The van der Waals surface area contributed by atoms with Crippen molar-refractivity contribution in [3.8, 4) is 0 Å². The summed E-state index contributed by atoms with van der Waals surface area (Å²) in [6, 6.07) is 5.66. The normalized spacial score (nSPS) is 9.94.